The van der Waals surface area contributed by atoms with Crippen LogP contribution >= 0.6 is 15.9 Å². The topological polar surface area (TPSA) is 85.2 Å². The molecule has 1 aromatic carbocycles. The van der Waals surface area contributed by atoms with E-state index in [4.69, 9.17) is 9.72 Å². The van der Waals surface area contributed by atoms with Gasteiger partial charge in [-0.3, -0.25) is 9.36 Å². The zero-order chi connectivity index (χ0) is 20.4. The molecule has 0 spiro atoms. The summed E-state index contributed by atoms with van der Waals surface area (Å²) in [5.74, 6) is 1.44. The molecular formula is C20H21BrN6O2. The first kappa shape index (κ1) is 19.5. The van der Waals surface area contributed by atoms with Crippen molar-refractivity contribution in [2.24, 2.45) is 7.05 Å². The fraction of sp³-hybridized carbons (Fsp3) is 0.300. The molecule has 0 saturated carbocycles. The van der Waals surface area contributed by atoms with Gasteiger partial charge in [0.25, 0.3) is 5.56 Å². The number of benzene rings is 1. The van der Waals surface area contributed by atoms with Gasteiger partial charge in [-0.2, -0.15) is 0 Å². The maximum atomic E-state index is 12.6. The third kappa shape index (κ3) is 4.01. The SMILES string of the molecule is COc1ccc(Br)cc1C1CN(c2nc(-c3ccncn3)cc(=O)n2C)CCN1. The molecule has 3 heterocycles. The molecule has 1 fully saturated rings. The standard InChI is InChI=1S/C20H21BrN6O2/c1-26-19(28)10-16(15-5-6-22-12-24-15)25-20(26)27-8-7-23-17(11-27)14-9-13(21)3-4-18(14)29-2/h3-6,9-10,12,17,23H,7-8,11H2,1-2H3. The third-order valence-corrected chi connectivity index (χ3v) is 5.47. The van der Waals surface area contributed by atoms with Crippen LogP contribution in [0.3, 0.4) is 0 Å². The Labute approximate surface area is 176 Å². The molecule has 1 unspecified atom stereocenters. The second kappa shape index (κ2) is 8.30. The fourth-order valence-corrected chi connectivity index (χ4v) is 3.88. The zero-order valence-corrected chi connectivity index (χ0v) is 17.8. The lowest BCUT2D eigenvalue weighted by atomic mass is 10.0. The molecule has 1 aliphatic heterocycles. The van der Waals surface area contributed by atoms with Crippen molar-refractivity contribution in [2.75, 3.05) is 31.6 Å². The van der Waals surface area contributed by atoms with Crippen LogP contribution in [0.15, 0.2) is 52.1 Å². The zero-order valence-electron chi connectivity index (χ0n) is 16.2. The number of hydrogen-bond acceptors (Lipinski definition) is 7. The quantitative estimate of drug-likeness (QED) is 0.643. The van der Waals surface area contributed by atoms with Crippen molar-refractivity contribution in [3.63, 3.8) is 0 Å². The van der Waals surface area contributed by atoms with Gasteiger partial charge in [-0.15, -0.1) is 0 Å². The number of anilines is 1. The predicted octanol–water partition coefficient (Wildman–Crippen LogP) is 2.16. The lowest BCUT2D eigenvalue weighted by Crippen LogP contribution is -2.47. The Morgan fingerprint density at radius 3 is 2.86 bits per heavy atom. The third-order valence-electron chi connectivity index (χ3n) is 4.98. The Bertz CT molecular complexity index is 1070. The van der Waals surface area contributed by atoms with Gasteiger partial charge in [-0.05, 0) is 24.3 Å². The summed E-state index contributed by atoms with van der Waals surface area (Å²) in [7, 11) is 3.41. The van der Waals surface area contributed by atoms with Gasteiger partial charge in [-0.25, -0.2) is 15.0 Å². The van der Waals surface area contributed by atoms with Crippen LogP contribution in [0.1, 0.15) is 11.6 Å². The van der Waals surface area contributed by atoms with E-state index in [1.54, 1.807) is 31.0 Å². The second-order valence-corrected chi connectivity index (χ2v) is 7.69. The lowest BCUT2D eigenvalue weighted by Gasteiger charge is -2.35. The smallest absolute Gasteiger partial charge is 0.255 e. The van der Waals surface area contributed by atoms with Crippen LogP contribution in [0.2, 0.25) is 0 Å². The van der Waals surface area contributed by atoms with Crippen molar-refractivity contribution in [3.05, 3.63) is 63.2 Å². The highest BCUT2D eigenvalue weighted by atomic mass is 79.9. The van der Waals surface area contributed by atoms with E-state index in [-0.39, 0.29) is 11.6 Å². The van der Waals surface area contributed by atoms with E-state index >= 15 is 0 Å². The van der Waals surface area contributed by atoms with Gasteiger partial charge >= 0.3 is 0 Å². The van der Waals surface area contributed by atoms with Gasteiger partial charge in [0.15, 0.2) is 0 Å². The number of nitrogens with one attached hydrogen (secondary N) is 1. The highest BCUT2D eigenvalue weighted by Gasteiger charge is 2.26. The minimum Gasteiger partial charge on any atom is -0.496 e. The van der Waals surface area contributed by atoms with E-state index in [1.165, 1.54) is 12.4 Å². The van der Waals surface area contributed by atoms with Crippen molar-refractivity contribution in [1.82, 2.24) is 24.8 Å². The Balaban J connectivity index is 1.69. The number of aromatic nitrogens is 4. The summed E-state index contributed by atoms with van der Waals surface area (Å²) in [4.78, 5) is 27.6. The average Bonchev–Trinajstić information content (AvgIpc) is 2.76. The Morgan fingerprint density at radius 1 is 1.24 bits per heavy atom. The van der Waals surface area contributed by atoms with Crippen molar-refractivity contribution >= 4 is 21.9 Å². The van der Waals surface area contributed by atoms with Crippen LogP contribution in [-0.2, 0) is 7.05 Å². The van der Waals surface area contributed by atoms with E-state index in [0.717, 1.165) is 28.9 Å². The molecule has 3 aromatic rings. The Kier molecular flexibility index (Phi) is 5.59. The molecule has 1 N–H and O–H groups in total. The maximum absolute atomic E-state index is 12.6. The molecule has 0 bridgehead atoms. The first-order valence-corrected chi connectivity index (χ1v) is 10.0. The molecule has 9 heteroatoms. The summed E-state index contributed by atoms with van der Waals surface area (Å²) in [5, 5.41) is 3.54. The van der Waals surface area contributed by atoms with Gasteiger partial charge in [0.05, 0.1) is 24.5 Å². The number of methoxy groups -OCH3 is 1. The summed E-state index contributed by atoms with van der Waals surface area (Å²) < 4.78 is 8.11. The monoisotopic (exact) mass is 456 g/mol. The number of piperazine rings is 1. The summed E-state index contributed by atoms with van der Waals surface area (Å²) in [6.07, 6.45) is 3.09. The first-order chi connectivity index (χ1) is 14.1. The predicted molar refractivity (Wildman–Crippen MR) is 114 cm³/mol. The number of ether oxygens (including phenoxy) is 1. The van der Waals surface area contributed by atoms with Gasteiger partial charge in [0.2, 0.25) is 5.95 Å². The molecule has 1 saturated heterocycles. The van der Waals surface area contributed by atoms with E-state index in [2.05, 4.69) is 42.2 Å². The van der Waals surface area contributed by atoms with Crippen LogP contribution in [0.4, 0.5) is 5.95 Å². The molecule has 0 radical (unpaired) electrons. The van der Waals surface area contributed by atoms with Crippen LogP contribution in [0, 0.1) is 0 Å². The molecule has 8 nitrogen and oxygen atoms in total. The molecule has 4 rings (SSSR count). The minimum atomic E-state index is -0.126. The molecule has 0 aliphatic carbocycles. The van der Waals surface area contributed by atoms with Crippen molar-refractivity contribution in [1.29, 1.82) is 0 Å². The first-order valence-electron chi connectivity index (χ1n) is 9.23. The number of hydrogen-bond donors (Lipinski definition) is 1. The maximum Gasteiger partial charge on any atom is 0.255 e. The molecule has 0 amide bonds. The van der Waals surface area contributed by atoms with Gasteiger partial charge < -0.3 is 15.0 Å². The number of rotatable bonds is 4. The molecule has 29 heavy (non-hydrogen) atoms. The molecular weight excluding hydrogens is 436 g/mol. The van der Waals surface area contributed by atoms with Crippen LogP contribution in [-0.4, -0.2) is 46.3 Å². The summed E-state index contributed by atoms with van der Waals surface area (Å²) >= 11 is 3.54. The largest absolute Gasteiger partial charge is 0.496 e. The summed E-state index contributed by atoms with van der Waals surface area (Å²) in [6, 6.07) is 9.25. The number of nitrogens with zero attached hydrogens (tertiary/aromatic N) is 5. The van der Waals surface area contributed by atoms with Gasteiger partial charge in [-0.1, -0.05) is 15.9 Å². The average molecular weight is 457 g/mol. The Morgan fingerprint density at radius 2 is 2.10 bits per heavy atom. The van der Waals surface area contributed by atoms with E-state index in [1.807, 2.05) is 12.1 Å². The molecule has 1 atom stereocenters. The van der Waals surface area contributed by atoms with Gasteiger partial charge in [0.1, 0.15) is 12.1 Å². The van der Waals surface area contributed by atoms with E-state index in [0.29, 0.717) is 23.9 Å². The molecule has 1 aliphatic rings. The lowest BCUT2D eigenvalue weighted by molar-refractivity contribution is 0.390. The van der Waals surface area contributed by atoms with Crippen LogP contribution in [0.25, 0.3) is 11.4 Å². The minimum absolute atomic E-state index is 0.0378. The summed E-state index contributed by atoms with van der Waals surface area (Å²) in [5.41, 5.74) is 2.10. The summed E-state index contributed by atoms with van der Waals surface area (Å²) in [6.45, 7) is 2.15. The fourth-order valence-electron chi connectivity index (χ4n) is 3.50. The molecule has 2 aromatic heterocycles. The van der Waals surface area contributed by atoms with E-state index in [9.17, 15) is 4.79 Å². The van der Waals surface area contributed by atoms with Crippen molar-refractivity contribution < 1.29 is 4.74 Å². The van der Waals surface area contributed by atoms with Crippen LogP contribution in [0.5, 0.6) is 5.75 Å². The van der Waals surface area contributed by atoms with Crippen molar-refractivity contribution in [3.8, 4) is 17.1 Å². The normalized spacial score (nSPS) is 16.7. The highest BCUT2D eigenvalue weighted by molar-refractivity contribution is 9.10. The highest BCUT2D eigenvalue weighted by Crippen LogP contribution is 2.31. The second-order valence-electron chi connectivity index (χ2n) is 6.77. The van der Waals surface area contributed by atoms with E-state index < -0.39 is 0 Å². The Hall–Kier alpha value is -2.78. The molecule has 150 valence electrons. The van der Waals surface area contributed by atoms with Crippen molar-refractivity contribution in [2.45, 2.75) is 6.04 Å². The number of halogens is 1. The van der Waals surface area contributed by atoms with Gasteiger partial charge in [0, 0.05) is 49.0 Å². The van der Waals surface area contributed by atoms with Crippen LogP contribution < -0.4 is 20.5 Å².